The topological polar surface area (TPSA) is 109 Å². The maximum absolute atomic E-state index is 16.9. The normalized spacial score (nSPS) is 49.2. The summed E-state index contributed by atoms with van der Waals surface area (Å²) in [5, 5.41) is 20.5. The van der Waals surface area contributed by atoms with Gasteiger partial charge in [-0.1, -0.05) is 20.8 Å². The van der Waals surface area contributed by atoms with Crippen LogP contribution in [0.15, 0.2) is 11.6 Å². The molecule has 4 rings (SSSR count). The molecular formula is C22H27FO6. The summed E-state index contributed by atoms with van der Waals surface area (Å²) in [6, 6.07) is 0. The summed E-state index contributed by atoms with van der Waals surface area (Å²) >= 11 is 0. The first-order valence-electron chi connectivity index (χ1n) is 10.3. The van der Waals surface area contributed by atoms with E-state index in [1.807, 2.05) is 0 Å². The maximum Gasteiger partial charge on any atom is 0.222 e. The van der Waals surface area contributed by atoms with Crippen molar-refractivity contribution in [3.05, 3.63) is 11.6 Å². The Kier molecular flexibility index (Phi) is 4.19. The van der Waals surface area contributed by atoms with Gasteiger partial charge in [0.25, 0.3) is 0 Å². The van der Waals surface area contributed by atoms with E-state index in [2.05, 4.69) is 0 Å². The molecule has 0 saturated heterocycles. The lowest BCUT2D eigenvalue weighted by atomic mass is 9.42. The van der Waals surface area contributed by atoms with Crippen LogP contribution in [-0.2, 0) is 19.2 Å². The van der Waals surface area contributed by atoms with Crippen LogP contribution in [-0.4, -0.2) is 51.2 Å². The second kappa shape index (κ2) is 5.91. The smallest absolute Gasteiger partial charge is 0.222 e. The molecule has 0 amide bonds. The van der Waals surface area contributed by atoms with Gasteiger partial charge in [-0.3, -0.25) is 19.2 Å². The molecule has 7 heteroatoms. The van der Waals surface area contributed by atoms with Gasteiger partial charge in [-0.15, -0.1) is 0 Å². The average Bonchev–Trinajstić information content (AvgIpc) is 2.96. The van der Waals surface area contributed by atoms with Gasteiger partial charge in [-0.05, 0) is 37.7 Å². The average molecular weight is 406 g/mol. The zero-order valence-corrected chi connectivity index (χ0v) is 17.0. The summed E-state index contributed by atoms with van der Waals surface area (Å²) in [5.41, 5.74) is -5.93. The number of fused-ring (bicyclic) bond motifs is 5. The first-order valence-corrected chi connectivity index (χ1v) is 10.3. The number of alkyl halides is 1. The fraction of sp³-hybridized carbons (Fsp3) is 0.727. The number of carbonyl (C=O) groups is 4. The zero-order chi connectivity index (χ0) is 21.6. The summed E-state index contributed by atoms with van der Waals surface area (Å²) in [4.78, 5) is 49.9. The van der Waals surface area contributed by atoms with Gasteiger partial charge in [-0.25, -0.2) is 4.39 Å². The van der Waals surface area contributed by atoms with Crippen LogP contribution in [0.4, 0.5) is 4.39 Å². The Morgan fingerprint density at radius 3 is 2.45 bits per heavy atom. The van der Waals surface area contributed by atoms with Crippen LogP contribution in [0.5, 0.6) is 0 Å². The Hall–Kier alpha value is -1.73. The second-order valence-electron chi connectivity index (χ2n) is 9.81. The number of aliphatic hydroxyl groups excluding tert-OH is 1. The highest BCUT2D eigenvalue weighted by molar-refractivity contribution is 6.44. The third-order valence-corrected chi connectivity index (χ3v) is 9.17. The minimum absolute atomic E-state index is 0.0292. The molecule has 0 radical (unpaired) electrons. The number of ketones is 4. The Morgan fingerprint density at radius 1 is 1.17 bits per heavy atom. The number of carbonyl (C=O) groups excluding carboxylic acids is 4. The van der Waals surface area contributed by atoms with Crippen molar-refractivity contribution >= 4 is 23.1 Å². The molecule has 0 aromatic heterocycles. The van der Waals surface area contributed by atoms with E-state index < -0.39 is 63.8 Å². The third-order valence-electron chi connectivity index (χ3n) is 9.17. The Bertz CT molecular complexity index is 879. The second-order valence-corrected chi connectivity index (χ2v) is 9.81. The van der Waals surface area contributed by atoms with Crippen molar-refractivity contribution in [1.29, 1.82) is 0 Å². The molecule has 29 heavy (non-hydrogen) atoms. The first-order chi connectivity index (χ1) is 13.4. The highest BCUT2D eigenvalue weighted by Crippen LogP contribution is 2.70. The highest BCUT2D eigenvalue weighted by Gasteiger charge is 2.74. The van der Waals surface area contributed by atoms with Gasteiger partial charge in [-0.2, -0.15) is 0 Å². The van der Waals surface area contributed by atoms with Gasteiger partial charge in [0.05, 0.1) is 0 Å². The lowest BCUT2D eigenvalue weighted by Gasteiger charge is -2.62. The fourth-order valence-electron chi connectivity index (χ4n) is 7.12. The summed E-state index contributed by atoms with van der Waals surface area (Å²) in [7, 11) is 0. The molecule has 0 aromatic carbocycles. The molecule has 0 heterocycles. The van der Waals surface area contributed by atoms with Crippen LogP contribution in [0, 0.1) is 28.6 Å². The number of hydrogen-bond acceptors (Lipinski definition) is 6. The molecule has 6 nitrogen and oxygen atoms in total. The van der Waals surface area contributed by atoms with E-state index in [4.69, 9.17) is 0 Å². The Labute approximate surface area is 168 Å². The third kappa shape index (κ3) is 2.13. The van der Waals surface area contributed by atoms with E-state index in [1.165, 1.54) is 6.92 Å². The number of Topliss-reactive ketones (excluding diaryl/α,β-unsaturated/α-hetero) is 3. The van der Waals surface area contributed by atoms with Crippen LogP contribution in [0.2, 0.25) is 0 Å². The molecule has 0 aliphatic heterocycles. The summed E-state index contributed by atoms with van der Waals surface area (Å²) in [5.74, 6) is -4.63. The van der Waals surface area contributed by atoms with E-state index in [-0.39, 0.29) is 37.0 Å². The van der Waals surface area contributed by atoms with E-state index in [1.54, 1.807) is 13.8 Å². The lowest BCUT2D eigenvalue weighted by molar-refractivity contribution is -0.191. The molecule has 7 atom stereocenters. The van der Waals surface area contributed by atoms with Crippen molar-refractivity contribution in [3.8, 4) is 0 Å². The Morgan fingerprint density at radius 2 is 1.83 bits per heavy atom. The number of aliphatic hydroxyl groups is 2. The van der Waals surface area contributed by atoms with E-state index in [0.29, 0.717) is 6.42 Å². The van der Waals surface area contributed by atoms with Crippen LogP contribution in [0.3, 0.4) is 0 Å². The molecule has 4 aliphatic rings. The van der Waals surface area contributed by atoms with Gasteiger partial charge >= 0.3 is 0 Å². The molecule has 2 N–H and O–H groups in total. The Balaban J connectivity index is 1.84. The van der Waals surface area contributed by atoms with Gasteiger partial charge < -0.3 is 10.2 Å². The number of rotatable bonds is 2. The summed E-state index contributed by atoms with van der Waals surface area (Å²) in [6.07, 6.45) is 1.54. The van der Waals surface area contributed by atoms with Crippen molar-refractivity contribution in [1.82, 2.24) is 0 Å². The number of halogens is 1. The summed E-state index contributed by atoms with van der Waals surface area (Å²) in [6.45, 7) is 4.04. The summed E-state index contributed by atoms with van der Waals surface area (Å²) < 4.78 is 16.9. The first kappa shape index (κ1) is 20.5. The molecular weight excluding hydrogens is 379 g/mol. The predicted octanol–water partition coefficient (Wildman–Crippen LogP) is 1.51. The van der Waals surface area contributed by atoms with Crippen molar-refractivity contribution in [2.24, 2.45) is 28.6 Å². The molecule has 3 saturated carbocycles. The van der Waals surface area contributed by atoms with Gasteiger partial charge in [0.15, 0.2) is 11.6 Å². The molecule has 158 valence electrons. The number of hydrogen-bond donors (Lipinski definition) is 2. The van der Waals surface area contributed by atoms with Crippen molar-refractivity contribution in [3.63, 3.8) is 0 Å². The standard InChI is InChI=1S/C22H27FO6/c1-11-18(28)16(26)9-14-15(25)8-13-12-4-5-22(29,17(27)10-24)19(12,2)6-7-21(13,23)20(11,14)3/h9,11-13,24,29H,4-8,10H2,1-3H3/t11?,12-,13-,19-,20-,21+,22-/m0/s1. The molecule has 3 fully saturated rings. The minimum atomic E-state index is -1.90. The van der Waals surface area contributed by atoms with E-state index >= 15 is 4.39 Å². The maximum atomic E-state index is 16.9. The van der Waals surface area contributed by atoms with Crippen molar-refractivity contribution in [2.75, 3.05) is 6.61 Å². The fourth-order valence-corrected chi connectivity index (χ4v) is 7.12. The SMILES string of the molecule is CC1C(=O)C(=O)C=C2C(=O)C[C@H]3[C@@H]4CC[C@](O)(C(=O)CO)[C@@]4(C)CC[C@]3(F)[C@]21C. The van der Waals surface area contributed by atoms with E-state index in [0.717, 1.165) is 6.08 Å². The van der Waals surface area contributed by atoms with Crippen molar-refractivity contribution in [2.45, 2.75) is 64.1 Å². The molecule has 0 bridgehead atoms. The zero-order valence-electron chi connectivity index (χ0n) is 17.0. The van der Waals surface area contributed by atoms with E-state index in [9.17, 15) is 29.4 Å². The van der Waals surface area contributed by atoms with Gasteiger partial charge in [0.1, 0.15) is 17.9 Å². The van der Waals surface area contributed by atoms with Crippen LogP contribution in [0.25, 0.3) is 0 Å². The van der Waals surface area contributed by atoms with Crippen LogP contribution in [0.1, 0.15) is 52.9 Å². The molecule has 0 aromatic rings. The lowest BCUT2D eigenvalue weighted by Crippen LogP contribution is -2.67. The molecule has 4 aliphatic carbocycles. The minimum Gasteiger partial charge on any atom is -0.388 e. The van der Waals surface area contributed by atoms with Crippen LogP contribution < -0.4 is 0 Å². The van der Waals surface area contributed by atoms with Gasteiger partial charge in [0.2, 0.25) is 11.6 Å². The van der Waals surface area contributed by atoms with Crippen molar-refractivity contribution < 1.29 is 33.8 Å². The van der Waals surface area contributed by atoms with Crippen LogP contribution >= 0.6 is 0 Å². The highest BCUT2D eigenvalue weighted by atomic mass is 19.1. The largest absolute Gasteiger partial charge is 0.388 e. The molecule has 1 unspecified atom stereocenters. The number of allylic oxidation sites excluding steroid dienone is 1. The quantitative estimate of drug-likeness (QED) is 0.673. The monoisotopic (exact) mass is 406 g/mol. The van der Waals surface area contributed by atoms with Gasteiger partial charge in [0, 0.05) is 34.7 Å². The predicted molar refractivity (Wildman–Crippen MR) is 99.4 cm³/mol. The molecule has 0 spiro atoms.